The summed E-state index contributed by atoms with van der Waals surface area (Å²) in [6, 6.07) is 9.21. The van der Waals surface area contributed by atoms with Crippen LogP contribution >= 0.6 is 0 Å². The van der Waals surface area contributed by atoms with Crippen LogP contribution in [0.15, 0.2) is 41.3 Å². The zero-order valence-electron chi connectivity index (χ0n) is 15.8. The van der Waals surface area contributed by atoms with Crippen LogP contribution in [0.3, 0.4) is 0 Å². The summed E-state index contributed by atoms with van der Waals surface area (Å²) >= 11 is 0. The number of sulfonamides is 1. The number of aryl methyl sites for hydroxylation is 1. The van der Waals surface area contributed by atoms with Gasteiger partial charge in [-0.15, -0.1) is 0 Å². The largest absolute Gasteiger partial charge is 0.490 e. The molecule has 0 radical (unpaired) electrons. The van der Waals surface area contributed by atoms with Crippen LogP contribution in [0.2, 0.25) is 0 Å². The molecule has 0 saturated carbocycles. The minimum Gasteiger partial charge on any atom is -0.490 e. The highest BCUT2D eigenvalue weighted by atomic mass is 32.2. The first-order valence-electron chi connectivity index (χ1n) is 8.49. The first kappa shape index (κ1) is 21.4. The molecule has 0 atom stereocenters. The molecule has 2 aromatic carbocycles. The lowest BCUT2D eigenvalue weighted by Crippen LogP contribution is -2.22. The molecule has 0 aliphatic rings. The standard InChI is InChI=1S/C19H22N2O6S/c1-4-26-17-9-14(11-22)6-8-16(17)27-12-19(23)21-15-7-5-13(2)18(10-15)28(24,25)20-3/h5-11,20H,4,12H2,1-3H3,(H,21,23). The zero-order valence-corrected chi connectivity index (χ0v) is 16.6. The molecule has 0 bridgehead atoms. The van der Waals surface area contributed by atoms with Gasteiger partial charge in [0, 0.05) is 11.3 Å². The number of carbonyl (C=O) groups is 2. The first-order chi connectivity index (χ1) is 13.3. The maximum absolute atomic E-state index is 12.2. The van der Waals surface area contributed by atoms with Crippen molar-refractivity contribution in [3.63, 3.8) is 0 Å². The quantitative estimate of drug-likeness (QED) is 0.617. The topological polar surface area (TPSA) is 111 Å². The molecular weight excluding hydrogens is 384 g/mol. The van der Waals surface area contributed by atoms with Gasteiger partial charge in [-0.05, 0) is 56.8 Å². The molecule has 0 saturated heterocycles. The Morgan fingerprint density at radius 1 is 1.11 bits per heavy atom. The molecule has 0 unspecified atom stereocenters. The molecule has 0 aliphatic heterocycles. The minimum atomic E-state index is -3.64. The third-order valence-corrected chi connectivity index (χ3v) is 5.35. The molecule has 0 spiro atoms. The molecule has 0 heterocycles. The van der Waals surface area contributed by atoms with Gasteiger partial charge in [0.05, 0.1) is 11.5 Å². The number of ether oxygens (including phenoxy) is 2. The second-order valence-electron chi connectivity index (χ2n) is 5.78. The van der Waals surface area contributed by atoms with Gasteiger partial charge in [0.1, 0.15) is 6.29 Å². The van der Waals surface area contributed by atoms with Crippen molar-refractivity contribution < 1.29 is 27.5 Å². The second-order valence-corrected chi connectivity index (χ2v) is 7.64. The number of carbonyl (C=O) groups excluding carboxylic acids is 2. The molecule has 0 fully saturated rings. The zero-order chi connectivity index (χ0) is 20.7. The third kappa shape index (κ3) is 5.30. The molecule has 8 nitrogen and oxygen atoms in total. The molecule has 1 amide bonds. The number of anilines is 1. The van der Waals surface area contributed by atoms with Crippen LogP contribution in [0.5, 0.6) is 11.5 Å². The maximum Gasteiger partial charge on any atom is 0.262 e. The monoisotopic (exact) mass is 406 g/mol. The van der Waals surface area contributed by atoms with Gasteiger partial charge in [-0.2, -0.15) is 0 Å². The van der Waals surface area contributed by atoms with Crippen LogP contribution in [0.1, 0.15) is 22.8 Å². The number of benzene rings is 2. The fourth-order valence-corrected chi connectivity index (χ4v) is 3.40. The lowest BCUT2D eigenvalue weighted by Gasteiger charge is -2.13. The number of hydrogen-bond acceptors (Lipinski definition) is 6. The number of aldehydes is 1. The molecule has 9 heteroatoms. The van der Waals surface area contributed by atoms with Crippen molar-refractivity contribution in [2.45, 2.75) is 18.7 Å². The summed E-state index contributed by atoms with van der Waals surface area (Å²) in [5.74, 6) is 0.209. The van der Waals surface area contributed by atoms with Crippen LogP contribution in [0.25, 0.3) is 0 Å². The average Bonchev–Trinajstić information content (AvgIpc) is 2.68. The van der Waals surface area contributed by atoms with Crippen molar-refractivity contribution in [1.82, 2.24) is 4.72 Å². The summed E-state index contributed by atoms with van der Waals surface area (Å²) in [5, 5.41) is 2.60. The normalized spacial score (nSPS) is 11.0. The summed E-state index contributed by atoms with van der Waals surface area (Å²) in [7, 11) is -2.32. The predicted molar refractivity (Wildman–Crippen MR) is 105 cm³/mol. The van der Waals surface area contributed by atoms with Gasteiger partial charge in [0.2, 0.25) is 10.0 Å². The molecular formula is C19H22N2O6S. The first-order valence-corrected chi connectivity index (χ1v) is 9.98. The smallest absolute Gasteiger partial charge is 0.262 e. The fraction of sp³-hybridized carbons (Fsp3) is 0.263. The van der Waals surface area contributed by atoms with E-state index in [0.29, 0.717) is 41.2 Å². The van der Waals surface area contributed by atoms with Gasteiger partial charge < -0.3 is 14.8 Å². The lowest BCUT2D eigenvalue weighted by atomic mass is 10.2. The Labute approximate surface area is 163 Å². The highest BCUT2D eigenvalue weighted by Crippen LogP contribution is 2.28. The van der Waals surface area contributed by atoms with Gasteiger partial charge in [0.15, 0.2) is 18.1 Å². The van der Waals surface area contributed by atoms with Crippen LogP contribution in [0.4, 0.5) is 5.69 Å². The predicted octanol–water partition coefficient (Wildman–Crippen LogP) is 2.13. The number of rotatable bonds is 9. The van der Waals surface area contributed by atoms with Gasteiger partial charge >= 0.3 is 0 Å². The summed E-state index contributed by atoms with van der Waals surface area (Å²) in [4.78, 5) is 23.2. The highest BCUT2D eigenvalue weighted by Gasteiger charge is 2.16. The molecule has 2 aromatic rings. The molecule has 0 aliphatic carbocycles. The maximum atomic E-state index is 12.2. The van der Waals surface area contributed by atoms with E-state index >= 15 is 0 Å². The van der Waals surface area contributed by atoms with Crippen LogP contribution in [-0.4, -0.2) is 40.9 Å². The fourth-order valence-electron chi connectivity index (χ4n) is 2.40. The molecule has 150 valence electrons. The minimum absolute atomic E-state index is 0.0804. The molecule has 2 rings (SSSR count). The Balaban J connectivity index is 2.09. The summed E-state index contributed by atoms with van der Waals surface area (Å²) in [6.45, 7) is 3.51. The van der Waals surface area contributed by atoms with Gasteiger partial charge in [-0.25, -0.2) is 13.1 Å². The van der Waals surface area contributed by atoms with Crippen LogP contribution in [-0.2, 0) is 14.8 Å². The van der Waals surface area contributed by atoms with Crippen molar-refractivity contribution in [3.05, 3.63) is 47.5 Å². The molecule has 0 aromatic heterocycles. The van der Waals surface area contributed by atoms with E-state index in [1.54, 1.807) is 38.1 Å². The van der Waals surface area contributed by atoms with Crippen LogP contribution in [0, 0.1) is 6.92 Å². The van der Waals surface area contributed by atoms with E-state index in [2.05, 4.69) is 10.0 Å². The summed E-state index contributed by atoms with van der Waals surface area (Å²) < 4.78 is 37.2. The van der Waals surface area contributed by atoms with E-state index < -0.39 is 15.9 Å². The SMILES string of the molecule is CCOc1cc(C=O)ccc1OCC(=O)Nc1ccc(C)c(S(=O)(=O)NC)c1. The Morgan fingerprint density at radius 2 is 1.86 bits per heavy atom. The van der Waals surface area contributed by atoms with E-state index in [1.807, 2.05) is 0 Å². The van der Waals surface area contributed by atoms with E-state index in [4.69, 9.17) is 9.47 Å². The Hall–Kier alpha value is -2.91. The second kappa shape index (κ2) is 9.34. The molecule has 28 heavy (non-hydrogen) atoms. The Kier molecular flexibility index (Phi) is 7.13. The highest BCUT2D eigenvalue weighted by molar-refractivity contribution is 7.89. The van der Waals surface area contributed by atoms with Crippen molar-refractivity contribution in [3.8, 4) is 11.5 Å². The Morgan fingerprint density at radius 3 is 2.50 bits per heavy atom. The van der Waals surface area contributed by atoms with Gasteiger partial charge in [-0.3, -0.25) is 9.59 Å². The van der Waals surface area contributed by atoms with E-state index in [-0.39, 0.29) is 11.5 Å². The van der Waals surface area contributed by atoms with Gasteiger partial charge in [-0.1, -0.05) is 6.07 Å². The number of nitrogens with one attached hydrogen (secondary N) is 2. The molecule has 2 N–H and O–H groups in total. The van der Waals surface area contributed by atoms with E-state index in [1.165, 1.54) is 19.2 Å². The number of hydrogen-bond donors (Lipinski definition) is 2. The third-order valence-electron chi connectivity index (χ3n) is 3.79. The summed E-state index contributed by atoms with van der Waals surface area (Å²) in [5.41, 5.74) is 1.31. The van der Waals surface area contributed by atoms with Crippen molar-refractivity contribution in [2.75, 3.05) is 25.6 Å². The number of amides is 1. The van der Waals surface area contributed by atoms with Gasteiger partial charge in [0.25, 0.3) is 5.91 Å². The van der Waals surface area contributed by atoms with Crippen LogP contribution < -0.4 is 19.5 Å². The van der Waals surface area contributed by atoms with E-state index in [9.17, 15) is 18.0 Å². The van der Waals surface area contributed by atoms with Crippen molar-refractivity contribution >= 4 is 27.9 Å². The van der Waals surface area contributed by atoms with Crippen molar-refractivity contribution in [2.24, 2.45) is 0 Å². The Bertz CT molecular complexity index is 972. The average molecular weight is 406 g/mol. The summed E-state index contributed by atoms with van der Waals surface area (Å²) in [6.07, 6.45) is 0.688. The van der Waals surface area contributed by atoms with Crippen molar-refractivity contribution in [1.29, 1.82) is 0 Å². The van der Waals surface area contributed by atoms with E-state index in [0.717, 1.165) is 0 Å². The lowest BCUT2D eigenvalue weighted by molar-refractivity contribution is -0.118.